The summed E-state index contributed by atoms with van der Waals surface area (Å²) in [6, 6.07) is 14.4. The predicted octanol–water partition coefficient (Wildman–Crippen LogP) is 4.39. The third kappa shape index (κ3) is 4.60. The number of amides is 3. The SMILES string of the molecule is O=C(COc1cccc([C@@H]2c3sc(=O)[nH]c3S[C@H]3C(=O)N(c4ccc(Br)cc4)C(=O)[C@@H]23)c1)N1CCCCC1. The van der Waals surface area contributed by atoms with Crippen molar-refractivity contribution >= 4 is 62.4 Å². The zero-order valence-electron chi connectivity index (χ0n) is 20.2. The summed E-state index contributed by atoms with van der Waals surface area (Å²) in [7, 11) is 0. The summed E-state index contributed by atoms with van der Waals surface area (Å²) in [4.78, 5) is 58.8. The van der Waals surface area contributed by atoms with E-state index in [0.717, 1.165) is 58.6 Å². The van der Waals surface area contributed by atoms with Gasteiger partial charge in [-0.2, -0.15) is 0 Å². The molecule has 0 unspecified atom stereocenters. The van der Waals surface area contributed by atoms with E-state index >= 15 is 0 Å². The van der Waals surface area contributed by atoms with Crippen molar-refractivity contribution in [3.63, 3.8) is 0 Å². The average Bonchev–Trinajstić information content (AvgIpc) is 3.42. The zero-order valence-corrected chi connectivity index (χ0v) is 23.4. The van der Waals surface area contributed by atoms with Crippen LogP contribution in [0.15, 0.2) is 62.8 Å². The number of rotatable bonds is 5. The number of aromatic nitrogens is 1. The summed E-state index contributed by atoms with van der Waals surface area (Å²) < 4.78 is 6.72. The third-order valence-electron chi connectivity index (χ3n) is 7.20. The lowest BCUT2D eigenvalue weighted by Crippen LogP contribution is -2.38. The van der Waals surface area contributed by atoms with Crippen LogP contribution in [-0.4, -0.2) is 52.6 Å². The summed E-state index contributed by atoms with van der Waals surface area (Å²) in [6.45, 7) is 1.45. The van der Waals surface area contributed by atoms with Crippen molar-refractivity contribution in [2.24, 2.45) is 5.92 Å². The van der Waals surface area contributed by atoms with Gasteiger partial charge in [0, 0.05) is 28.4 Å². The first-order valence-electron chi connectivity index (χ1n) is 12.4. The van der Waals surface area contributed by atoms with Crippen LogP contribution in [-0.2, 0) is 14.4 Å². The summed E-state index contributed by atoms with van der Waals surface area (Å²) in [5, 5.41) is -0.0456. The molecule has 1 aromatic heterocycles. The highest BCUT2D eigenvalue weighted by Crippen LogP contribution is 2.53. The lowest BCUT2D eigenvalue weighted by Gasteiger charge is -2.30. The predicted molar refractivity (Wildman–Crippen MR) is 149 cm³/mol. The highest BCUT2D eigenvalue weighted by molar-refractivity contribution is 9.10. The maximum Gasteiger partial charge on any atom is 0.305 e. The van der Waals surface area contributed by atoms with E-state index in [0.29, 0.717) is 16.5 Å². The van der Waals surface area contributed by atoms with Gasteiger partial charge in [0.15, 0.2) is 6.61 Å². The summed E-state index contributed by atoms with van der Waals surface area (Å²) in [5.74, 6) is -1.31. The van der Waals surface area contributed by atoms with Gasteiger partial charge in [-0.1, -0.05) is 51.2 Å². The molecular formula is C27H24BrN3O5S2. The van der Waals surface area contributed by atoms with Gasteiger partial charge in [-0.05, 0) is 61.2 Å². The number of carbonyl (C=O) groups is 3. The molecule has 0 bridgehead atoms. The van der Waals surface area contributed by atoms with Gasteiger partial charge >= 0.3 is 4.87 Å². The number of aromatic amines is 1. The molecule has 4 heterocycles. The van der Waals surface area contributed by atoms with Gasteiger partial charge in [-0.15, -0.1) is 0 Å². The Balaban J connectivity index is 1.32. The fourth-order valence-electron chi connectivity index (χ4n) is 5.40. The molecule has 38 heavy (non-hydrogen) atoms. The molecule has 2 aromatic carbocycles. The number of fused-ring (bicyclic) bond motifs is 2. The molecule has 0 saturated carbocycles. The topological polar surface area (TPSA) is 99.8 Å². The number of hydrogen-bond acceptors (Lipinski definition) is 7. The number of anilines is 1. The number of piperidine rings is 1. The van der Waals surface area contributed by atoms with Crippen LogP contribution in [0.1, 0.15) is 35.6 Å². The Morgan fingerprint density at radius 3 is 2.55 bits per heavy atom. The van der Waals surface area contributed by atoms with Crippen molar-refractivity contribution in [2.45, 2.75) is 35.5 Å². The van der Waals surface area contributed by atoms with Crippen LogP contribution in [0.4, 0.5) is 5.69 Å². The largest absolute Gasteiger partial charge is 0.484 e. The second-order valence-corrected chi connectivity index (χ2v) is 12.6. The van der Waals surface area contributed by atoms with Crippen LogP contribution >= 0.6 is 39.0 Å². The van der Waals surface area contributed by atoms with E-state index in [4.69, 9.17) is 4.74 Å². The number of carbonyl (C=O) groups excluding carboxylic acids is 3. The Hall–Kier alpha value is -2.89. The Labute approximate surface area is 235 Å². The van der Waals surface area contributed by atoms with E-state index in [1.54, 1.807) is 30.3 Å². The van der Waals surface area contributed by atoms with Crippen molar-refractivity contribution in [1.82, 2.24) is 9.88 Å². The smallest absolute Gasteiger partial charge is 0.305 e. The number of thioether (sulfide) groups is 1. The third-order valence-corrected chi connectivity index (χ3v) is 10.1. The molecule has 3 aliphatic rings. The fourth-order valence-corrected chi connectivity index (χ4v) is 8.18. The number of nitrogens with zero attached hydrogens (tertiary/aromatic N) is 2. The maximum atomic E-state index is 13.8. The quantitative estimate of drug-likeness (QED) is 0.429. The van der Waals surface area contributed by atoms with Crippen molar-refractivity contribution < 1.29 is 19.1 Å². The Morgan fingerprint density at radius 1 is 1.03 bits per heavy atom. The molecule has 8 nitrogen and oxygen atoms in total. The van der Waals surface area contributed by atoms with Gasteiger partial charge < -0.3 is 14.6 Å². The number of benzene rings is 2. The molecule has 11 heteroatoms. The summed E-state index contributed by atoms with van der Waals surface area (Å²) in [5.41, 5.74) is 1.28. The van der Waals surface area contributed by atoms with E-state index in [2.05, 4.69) is 20.9 Å². The zero-order chi connectivity index (χ0) is 26.4. The minimum atomic E-state index is -0.680. The number of nitrogens with one attached hydrogen (secondary N) is 1. The van der Waals surface area contributed by atoms with Crippen molar-refractivity contribution in [1.29, 1.82) is 0 Å². The number of H-pyrrole nitrogens is 1. The molecular weight excluding hydrogens is 590 g/mol. The van der Waals surface area contributed by atoms with Crippen LogP contribution in [0.3, 0.4) is 0 Å². The average molecular weight is 615 g/mol. The van der Waals surface area contributed by atoms with Gasteiger partial charge in [-0.25, -0.2) is 4.90 Å². The van der Waals surface area contributed by atoms with E-state index in [1.807, 2.05) is 23.1 Å². The van der Waals surface area contributed by atoms with Gasteiger partial charge in [0.2, 0.25) is 11.8 Å². The standard InChI is InChI=1S/C27H24BrN3O5S2/c28-16-7-9-17(10-8-16)31-25(33)21-20(22-24(29-27(35)38-22)37-23(21)26(31)34)15-5-4-6-18(13-15)36-14-19(32)30-11-2-1-3-12-30/h4-10,13,20-21,23H,1-3,11-12,14H2,(H,29,35)/t20-,21-,23+/m0/s1. The fraction of sp³-hybridized carbons (Fsp3) is 0.333. The second-order valence-electron chi connectivity index (χ2n) is 9.54. The first kappa shape index (κ1) is 25.4. The number of halogens is 1. The van der Waals surface area contributed by atoms with Gasteiger partial charge in [0.1, 0.15) is 11.0 Å². The van der Waals surface area contributed by atoms with Crippen LogP contribution in [0.2, 0.25) is 0 Å². The van der Waals surface area contributed by atoms with E-state index in [1.165, 1.54) is 16.7 Å². The van der Waals surface area contributed by atoms with Gasteiger partial charge in [0.05, 0.1) is 16.6 Å². The molecule has 3 aromatic rings. The van der Waals surface area contributed by atoms with Crippen LogP contribution in [0.5, 0.6) is 5.75 Å². The molecule has 2 saturated heterocycles. The maximum absolute atomic E-state index is 13.8. The number of thiazole rings is 1. The lowest BCUT2D eigenvalue weighted by molar-refractivity contribution is -0.134. The minimum Gasteiger partial charge on any atom is -0.484 e. The minimum absolute atomic E-state index is 0.0444. The number of ether oxygens (including phenoxy) is 1. The van der Waals surface area contributed by atoms with Crippen molar-refractivity contribution in [3.05, 3.63) is 73.1 Å². The molecule has 6 rings (SSSR count). The van der Waals surface area contributed by atoms with Crippen molar-refractivity contribution in [3.8, 4) is 5.75 Å². The van der Waals surface area contributed by atoms with E-state index in [-0.39, 0.29) is 29.2 Å². The molecule has 3 amide bonds. The highest BCUT2D eigenvalue weighted by Gasteiger charge is 2.56. The first-order valence-corrected chi connectivity index (χ1v) is 14.9. The normalized spacial score (nSPS) is 22.8. The van der Waals surface area contributed by atoms with Crippen LogP contribution < -0.4 is 14.5 Å². The second kappa shape index (κ2) is 10.3. The van der Waals surface area contributed by atoms with Gasteiger partial charge in [-0.3, -0.25) is 19.2 Å². The Morgan fingerprint density at radius 2 is 1.79 bits per heavy atom. The Bertz CT molecular complexity index is 1460. The molecule has 196 valence electrons. The lowest BCUT2D eigenvalue weighted by atomic mass is 9.83. The van der Waals surface area contributed by atoms with Crippen molar-refractivity contribution in [2.75, 3.05) is 24.6 Å². The molecule has 0 spiro atoms. The monoisotopic (exact) mass is 613 g/mol. The molecule has 3 atom stereocenters. The van der Waals surface area contributed by atoms with E-state index < -0.39 is 17.1 Å². The Kier molecular flexibility index (Phi) is 6.92. The molecule has 0 radical (unpaired) electrons. The van der Waals surface area contributed by atoms with Crippen LogP contribution in [0, 0.1) is 5.92 Å². The summed E-state index contributed by atoms with van der Waals surface area (Å²) in [6.07, 6.45) is 3.16. The first-order chi connectivity index (χ1) is 18.4. The summed E-state index contributed by atoms with van der Waals surface area (Å²) >= 11 is 5.71. The number of likely N-dealkylation sites (tertiary alicyclic amines) is 1. The van der Waals surface area contributed by atoms with Gasteiger partial charge in [0.25, 0.3) is 5.91 Å². The molecule has 1 N–H and O–H groups in total. The molecule has 3 aliphatic heterocycles. The highest BCUT2D eigenvalue weighted by atomic mass is 79.9. The number of hydrogen-bond donors (Lipinski definition) is 1. The molecule has 2 fully saturated rings. The van der Waals surface area contributed by atoms with Crippen LogP contribution in [0.25, 0.3) is 0 Å². The number of imide groups is 1. The molecule has 0 aliphatic carbocycles. The van der Waals surface area contributed by atoms with E-state index in [9.17, 15) is 19.2 Å².